The molecule has 4 rings (SSSR count). The van der Waals surface area contributed by atoms with E-state index in [2.05, 4.69) is 11.5 Å². The maximum Gasteiger partial charge on any atom is 0.406 e. The number of aryl methyl sites for hydroxylation is 2. The number of allylic oxidation sites excluding steroid dienone is 4. The van der Waals surface area contributed by atoms with Gasteiger partial charge in [0.05, 0.1) is 16.5 Å². The third-order valence-corrected chi connectivity index (χ3v) is 5.86. The van der Waals surface area contributed by atoms with Gasteiger partial charge in [0.25, 0.3) is 0 Å². The summed E-state index contributed by atoms with van der Waals surface area (Å²) in [7, 11) is 0. The molecule has 0 fully saturated rings. The maximum absolute atomic E-state index is 12.9. The molecule has 1 atom stereocenters. The lowest BCUT2D eigenvalue weighted by atomic mass is 9.98. The Morgan fingerprint density at radius 1 is 1.20 bits per heavy atom. The summed E-state index contributed by atoms with van der Waals surface area (Å²) in [5, 5.41) is 11.5. The standard InChI is InChI=1S/C23H20N2O4S/c1-14-8-10-16(11-9-14)19-13-30-25(21(19)23(27)28)24-22(26)18-12-20(29-15(18)2)17-6-4-3-5-7-17/h3-6,8-13,17H,7H2,1-2H3,(H-,24,26,27,28)/p+1. The van der Waals surface area contributed by atoms with Crippen LogP contribution in [0.3, 0.4) is 0 Å². The number of furan rings is 1. The summed E-state index contributed by atoms with van der Waals surface area (Å²) in [6.07, 6.45) is 8.83. The Morgan fingerprint density at radius 3 is 2.63 bits per heavy atom. The monoisotopic (exact) mass is 421 g/mol. The van der Waals surface area contributed by atoms with Crippen LogP contribution in [0.25, 0.3) is 11.1 Å². The molecule has 3 aromatic rings. The molecule has 0 radical (unpaired) electrons. The number of nitrogens with zero attached hydrogens (tertiary/aromatic N) is 1. The fourth-order valence-electron chi connectivity index (χ4n) is 3.40. The van der Waals surface area contributed by atoms with E-state index in [0.717, 1.165) is 29.1 Å². The van der Waals surface area contributed by atoms with Crippen LogP contribution in [0.15, 0.2) is 64.4 Å². The van der Waals surface area contributed by atoms with Crippen molar-refractivity contribution in [3.05, 3.63) is 88.4 Å². The number of hydrogen-bond donors (Lipinski definition) is 2. The second kappa shape index (κ2) is 8.12. The van der Waals surface area contributed by atoms with Crippen molar-refractivity contribution in [1.82, 2.24) is 0 Å². The molecule has 1 aliphatic rings. The minimum Gasteiger partial charge on any atom is -0.473 e. The normalized spacial score (nSPS) is 15.3. The van der Waals surface area contributed by atoms with Crippen molar-refractivity contribution >= 4 is 23.4 Å². The first-order chi connectivity index (χ1) is 14.4. The highest BCUT2D eigenvalue weighted by Crippen LogP contribution is 2.29. The van der Waals surface area contributed by atoms with Crippen molar-refractivity contribution in [3.8, 4) is 11.1 Å². The number of rotatable bonds is 5. The highest BCUT2D eigenvalue weighted by molar-refractivity contribution is 7.00. The Balaban J connectivity index is 1.62. The van der Waals surface area contributed by atoms with Gasteiger partial charge in [0.2, 0.25) is 0 Å². The van der Waals surface area contributed by atoms with Crippen LogP contribution in [0.1, 0.15) is 50.3 Å². The van der Waals surface area contributed by atoms with Crippen molar-refractivity contribution in [2.45, 2.75) is 26.2 Å². The number of aromatic nitrogens is 1. The number of amides is 1. The molecule has 1 unspecified atom stereocenters. The van der Waals surface area contributed by atoms with Crippen LogP contribution in [-0.2, 0) is 0 Å². The number of carbonyl (C=O) groups is 2. The summed E-state index contributed by atoms with van der Waals surface area (Å²) in [5.41, 5.74) is 5.51. The van der Waals surface area contributed by atoms with Crippen LogP contribution in [0, 0.1) is 13.8 Å². The Labute approximate surface area is 177 Å². The number of carboxylic acids is 1. The zero-order valence-electron chi connectivity index (χ0n) is 16.6. The van der Waals surface area contributed by atoms with Gasteiger partial charge in [0.15, 0.2) is 11.5 Å². The summed E-state index contributed by atoms with van der Waals surface area (Å²) in [6.45, 7) is 3.70. The largest absolute Gasteiger partial charge is 0.473 e. The average molecular weight is 421 g/mol. The minimum atomic E-state index is -1.11. The van der Waals surface area contributed by atoms with Crippen LogP contribution < -0.4 is 9.49 Å². The van der Waals surface area contributed by atoms with Crippen LogP contribution in [0.5, 0.6) is 0 Å². The van der Waals surface area contributed by atoms with E-state index in [1.807, 2.05) is 49.4 Å². The van der Waals surface area contributed by atoms with Crippen molar-refractivity contribution in [3.63, 3.8) is 0 Å². The zero-order chi connectivity index (χ0) is 21.3. The Hall–Kier alpha value is -3.45. The maximum atomic E-state index is 12.9. The topological polar surface area (TPSA) is 83.4 Å². The lowest BCUT2D eigenvalue weighted by Crippen LogP contribution is -2.49. The fraction of sp³-hybridized carbons (Fsp3) is 0.174. The molecule has 2 aromatic heterocycles. The lowest BCUT2D eigenvalue weighted by molar-refractivity contribution is -0.571. The van der Waals surface area contributed by atoms with Gasteiger partial charge >= 0.3 is 17.6 Å². The summed E-state index contributed by atoms with van der Waals surface area (Å²) < 4.78 is 7.10. The molecule has 30 heavy (non-hydrogen) atoms. The summed E-state index contributed by atoms with van der Waals surface area (Å²) in [5.74, 6) is -0.225. The van der Waals surface area contributed by atoms with Gasteiger partial charge in [-0.05, 0) is 36.0 Å². The van der Waals surface area contributed by atoms with Gasteiger partial charge in [-0.3, -0.25) is 4.79 Å². The number of aromatic carboxylic acids is 1. The van der Waals surface area contributed by atoms with Gasteiger partial charge < -0.3 is 9.52 Å². The third kappa shape index (κ3) is 3.84. The first kappa shape index (κ1) is 19.8. The quantitative estimate of drug-likeness (QED) is 0.590. The van der Waals surface area contributed by atoms with E-state index >= 15 is 0 Å². The first-order valence-electron chi connectivity index (χ1n) is 9.53. The van der Waals surface area contributed by atoms with Crippen LogP contribution in [0.2, 0.25) is 0 Å². The molecule has 2 heterocycles. The predicted octanol–water partition coefficient (Wildman–Crippen LogP) is 4.59. The number of carbonyl (C=O) groups excluding carboxylic acids is 1. The molecule has 1 amide bonds. The molecule has 0 aliphatic heterocycles. The molecule has 0 saturated heterocycles. The smallest absolute Gasteiger partial charge is 0.406 e. The van der Waals surface area contributed by atoms with Gasteiger partial charge in [-0.2, -0.15) is 0 Å². The Bertz CT molecular complexity index is 1170. The van der Waals surface area contributed by atoms with Gasteiger partial charge in [0, 0.05) is 5.92 Å². The lowest BCUT2D eigenvalue weighted by Gasteiger charge is -2.08. The van der Waals surface area contributed by atoms with E-state index < -0.39 is 11.9 Å². The number of benzene rings is 1. The first-order valence-corrected chi connectivity index (χ1v) is 10.4. The molecule has 1 aliphatic carbocycles. The fourth-order valence-corrected chi connectivity index (χ4v) is 4.28. The molecule has 0 spiro atoms. The second-order valence-electron chi connectivity index (χ2n) is 7.17. The molecule has 2 N–H and O–H groups in total. The molecule has 0 bridgehead atoms. The zero-order valence-corrected chi connectivity index (χ0v) is 17.4. The second-order valence-corrected chi connectivity index (χ2v) is 7.98. The van der Waals surface area contributed by atoms with E-state index in [-0.39, 0.29) is 11.6 Å². The molecule has 0 saturated carbocycles. The van der Waals surface area contributed by atoms with Crippen molar-refractivity contribution in [2.24, 2.45) is 0 Å². The molecule has 1 aromatic carbocycles. The van der Waals surface area contributed by atoms with Crippen LogP contribution in [0.4, 0.5) is 0 Å². The highest BCUT2D eigenvalue weighted by atomic mass is 32.1. The van der Waals surface area contributed by atoms with E-state index in [4.69, 9.17) is 4.42 Å². The molecule has 152 valence electrons. The summed E-state index contributed by atoms with van der Waals surface area (Å²) in [6, 6.07) is 9.32. The SMILES string of the molecule is Cc1ccc(-c2cs[n+](NC(=O)c3cc(C4C=CC=CC4)oc3C)c2C(=O)O)cc1. The number of carboxylic acid groups (broad SMARTS) is 1. The molecular weight excluding hydrogens is 400 g/mol. The molecule has 7 heteroatoms. The van der Waals surface area contributed by atoms with Crippen molar-refractivity contribution in [1.29, 1.82) is 0 Å². The van der Waals surface area contributed by atoms with Gasteiger partial charge in [-0.1, -0.05) is 54.1 Å². The summed E-state index contributed by atoms with van der Waals surface area (Å²) in [4.78, 5) is 24.8. The van der Waals surface area contributed by atoms with E-state index in [9.17, 15) is 14.7 Å². The highest BCUT2D eigenvalue weighted by Gasteiger charge is 2.31. The Kier molecular flexibility index (Phi) is 5.37. The molecule has 6 nitrogen and oxygen atoms in total. The van der Waals surface area contributed by atoms with Crippen molar-refractivity contribution < 1.29 is 23.2 Å². The van der Waals surface area contributed by atoms with E-state index in [0.29, 0.717) is 22.6 Å². The van der Waals surface area contributed by atoms with E-state index in [1.165, 1.54) is 4.07 Å². The van der Waals surface area contributed by atoms with E-state index in [1.54, 1.807) is 18.4 Å². The average Bonchev–Trinajstić information content (AvgIpc) is 3.33. The Morgan fingerprint density at radius 2 is 1.97 bits per heavy atom. The van der Waals surface area contributed by atoms with Gasteiger partial charge in [0.1, 0.15) is 11.5 Å². The molecular formula is C23H21N2O4S+. The predicted molar refractivity (Wildman–Crippen MR) is 114 cm³/mol. The minimum absolute atomic E-state index is 0.0129. The van der Waals surface area contributed by atoms with Crippen LogP contribution in [-0.4, -0.2) is 17.0 Å². The van der Waals surface area contributed by atoms with Crippen molar-refractivity contribution in [2.75, 3.05) is 5.43 Å². The number of nitrogens with one attached hydrogen (secondary N) is 1. The van der Waals surface area contributed by atoms with Crippen LogP contribution >= 0.6 is 11.5 Å². The van der Waals surface area contributed by atoms with Gasteiger partial charge in [-0.15, -0.1) is 5.43 Å². The third-order valence-electron chi connectivity index (χ3n) is 5.03. The summed E-state index contributed by atoms with van der Waals surface area (Å²) >= 11 is 1.12. The number of hydrogen-bond acceptors (Lipinski definition) is 4. The van der Waals surface area contributed by atoms with Gasteiger partial charge in [-0.25, -0.2) is 4.79 Å².